The zero-order chi connectivity index (χ0) is 13.8. The van der Waals surface area contributed by atoms with Crippen LogP contribution in [0.2, 0.25) is 0 Å². The van der Waals surface area contributed by atoms with E-state index in [1.165, 1.54) is 11.1 Å². The Balaban J connectivity index is 2.39. The summed E-state index contributed by atoms with van der Waals surface area (Å²) in [4.78, 5) is 12.5. The van der Waals surface area contributed by atoms with Gasteiger partial charge in [-0.3, -0.25) is 4.79 Å². The summed E-state index contributed by atoms with van der Waals surface area (Å²) in [6.07, 6.45) is 1.99. The molecule has 19 heavy (non-hydrogen) atoms. The summed E-state index contributed by atoms with van der Waals surface area (Å²) >= 11 is 0. The number of rotatable bonds is 4. The van der Waals surface area contributed by atoms with E-state index >= 15 is 0 Å². The van der Waals surface area contributed by atoms with E-state index in [1.807, 2.05) is 43.3 Å². The third-order valence-electron chi connectivity index (χ3n) is 3.51. The molecule has 2 rings (SSSR count). The molecule has 1 heteroatoms. The van der Waals surface area contributed by atoms with Crippen LogP contribution in [-0.2, 0) is 12.8 Å². The summed E-state index contributed by atoms with van der Waals surface area (Å²) in [7, 11) is 0. The van der Waals surface area contributed by atoms with Gasteiger partial charge < -0.3 is 0 Å². The minimum absolute atomic E-state index is 0.112. The van der Waals surface area contributed by atoms with Gasteiger partial charge in [0.1, 0.15) is 0 Å². The van der Waals surface area contributed by atoms with Crippen molar-refractivity contribution in [1.29, 1.82) is 0 Å². The van der Waals surface area contributed by atoms with Crippen molar-refractivity contribution in [3.63, 3.8) is 0 Å². The first-order valence-electron chi connectivity index (χ1n) is 6.88. The molecule has 0 saturated heterocycles. The maximum atomic E-state index is 12.5. The van der Waals surface area contributed by atoms with Crippen molar-refractivity contribution in [3.05, 3.63) is 70.3 Å². The van der Waals surface area contributed by atoms with Gasteiger partial charge in [0.2, 0.25) is 0 Å². The zero-order valence-corrected chi connectivity index (χ0v) is 11.9. The molecule has 0 saturated carbocycles. The summed E-state index contributed by atoms with van der Waals surface area (Å²) < 4.78 is 0. The van der Waals surface area contributed by atoms with E-state index in [2.05, 4.69) is 19.9 Å². The second-order valence-corrected chi connectivity index (χ2v) is 4.89. The number of benzene rings is 2. The molecular formula is C18H20O. The van der Waals surface area contributed by atoms with Crippen LogP contribution >= 0.6 is 0 Å². The first-order chi connectivity index (χ1) is 9.15. The Morgan fingerprint density at radius 2 is 1.58 bits per heavy atom. The molecule has 0 heterocycles. The van der Waals surface area contributed by atoms with E-state index in [9.17, 15) is 4.79 Å². The molecular weight excluding hydrogens is 232 g/mol. The van der Waals surface area contributed by atoms with E-state index in [4.69, 9.17) is 0 Å². The van der Waals surface area contributed by atoms with Gasteiger partial charge in [-0.1, -0.05) is 49.7 Å². The third-order valence-corrected chi connectivity index (χ3v) is 3.51. The molecule has 2 aromatic carbocycles. The fraction of sp³-hybridized carbons (Fsp3) is 0.278. The first-order valence-corrected chi connectivity index (χ1v) is 6.88. The van der Waals surface area contributed by atoms with Crippen LogP contribution in [0, 0.1) is 6.92 Å². The number of carbonyl (C=O) groups excluding carboxylic acids is 1. The van der Waals surface area contributed by atoms with Gasteiger partial charge in [0, 0.05) is 11.1 Å². The number of ketones is 1. The zero-order valence-electron chi connectivity index (χ0n) is 11.9. The predicted molar refractivity (Wildman–Crippen MR) is 79.8 cm³/mol. The standard InChI is InChI=1S/C18H20O/c1-4-14-9-10-17(12-15(14)5-2)18(19)16-8-6-7-13(3)11-16/h6-12H,4-5H2,1-3H3. The number of hydrogen-bond acceptors (Lipinski definition) is 1. The Bertz CT molecular complexity index is 596. The highest BCUT2D eigenvalue weighted by Crippen LogP contribution is 2.17. The molecule has 0 spiro atoms. The van der Waals surface area contributed by atoms with Crippen LogP contribution in [0.3, 0.4) is 0 Å². The Kier molecular flexibility index (Phi) is 4.16. The molecule has 1 nitrogen and oxygen atoms in total. The molecule has 0 fully saturated rings. The minimum atomic E-state index is 0.112. The van der Waals surface area contributed by atoms with Crippen LogP contribution in [0.4, 0.5) is 0 Å². The lowest BCUT2D eigenvalue weighted by Gasteiger charge is -2.09. The topological polar surface area (TPSA) is 17.1 Å². The second kappa shape index (κ2) is 5.83. The molecule has 0 radical (unpaired) electrons. The predicted octanol–water partition coefficient (Wildman–Crippen LogP) is 4.35. The fourth-order valence-electron chi connectivity index (χ4n) is 2.39. The van der Waals surface area contributed by atoms with Gasteiger partial charge in [-0.05, 0) is 43.0 Å². The van der Waals surface area contributed by atoms with E-state index in [-0.39, 0.29) is 5.78 Å². The molecule has 0 aromatic heterocycles. The largest absolute Gasteiger partial charge is 0.289 e. The Morgan fingerprint density at radius 3 is 2.21 bits per heavy atom. The molecule has 0 bridgehead atoms. The summed E-state index contributed by atoms with van der Waals surface area (Å²) in [5.41, 5.74) is 5.29. The van der Waals surface area contributed by atoms with E-state index in [0.717, 1.165) is 29.5 Å². The Hall–Kier alpha value is -1.89. The van der Waals surface area contributed by atoms with Gasteiger partial charge in [0.15, 0.2) is 5.78 Å². The summed E-state index contributed by atoms with van der Waals surface area (Å²) in [5.74, 6) is 0.112. The van der Waals surface area contributed by atoms with Crippen LogP contribution in [0.15, 0.2) is 42.5 Å². The van der Waals surface area contributed by atoms with Crippen molar-refractivity contribution in [2.75, 3.05) is 0 Å². The van der Waals surface area contributed by atoms with E-state index in [1.54, 1.807) is 0 Å². The number of hydrogen-bond donors (Lipinski definition) is 0. The molecule has 0 unspecified atom stereocenters. The smallest absolute Gasteiger partial charge is 0.193 e. The molecule has 0 N–H and O–H groups in total. The van der Waals surface area contributed by atoms with Crippen LogP contribution in [-0.4, -0.2) is 5.78 Å². The van der Waals surface area contributed by atoms with Crippen molar-refractivity contribution >= 4 is 5.78 Å². The molecule has 0 aliphatic carbocycles. The van der Waals surface area contributed by atoms with E-state index < -0.39 is 0 Å². The molecule has 0 amide bonds. The summed E-state index contributed by atoms with van der Waals surface area (Å²) in [5, 5.41) is 0. The molecule has 2 aromatic rings. The SMILES string of the molecule is CCc1ccc(C(=O)c2cccc(C)c2)cc1CC. The third kappa shape index (κ3) is 2.93. The fourth-order valence-corrected chi connectivity index (χ4v) is 2.39. The average molecular weight is 252 g/mol. The summed E-state index contributed by atoms with van der Waals surface area (Å²) in [6, 6.07) is 13.8. The Morgan fingerprint density at radius 1 is 0.895 bits per heavy atom. The van der Waals surface area contributed by atoms with Crippen LogP contribution in [0.25, 0.3) is 0 Å². The quantitative estimate of drug-likeness (QED) is 0.739. The van der Waals surface area contributed by atoms with Crippen molar-refractivity contribution in [2.24, 2.45) is 0 Å². The molecule has 98 valence electrons. The minimum Gasteiger partial charge on any atom is -0.289 e. The van der Waals surface area contributed by atoms with Gasteiger partial charge >= 0.3 is 0 Å². The lowest BCUT2D eigenvalue weighted by Crippen LogP contribution is -2.03. The average Bonchev–Trinajstić information content (AvgIpc) is 2.45. The summed E-state index contributed by atoms with van der Waals surface area (Å²) in [6.45, 7) is 6.29. The highest BCUT2D eigenvalue weighted by atomic mass is 16.1. The van der Waals surface area contributed by atoms with Crippen LogP contribution < -0.4 is 0 Å². The maximum absolute atomic E-state index is 12.5. The van der Waals surface area contributed by atoms with Crippen molar-refractivity contribution in [1.82, 2.24) is 0 Å². The molecule has 0 aliphatic heterocycles. The normalized spacial score (nSPS) is 10.5. The van der Waals surface area contributed by atoms with Gasteiger partial charge in [-0.15, -0.1) is 0 Å². The maximum Gasteiger partial charge on any atom is 0.193 e. The van der Waals surface area contributed by atoms with E-state index in [0.29, 0.717) is 0 Å². The Labute approximate surface area is 115 Å². The van der Waals surface area contributed by atoms with Crippen LogP contribution in [0.5, 0.6) is 0 Å². The molecule has 0 atom stereocenters. The molecule has 0 aliphatic rings. The van der Waals surface area contributed by atoms with Crippen molar-refractivity contribution in [2.45, 2.75) is 33.6 Å². The lowest BCUT2D eigenvalue weighted by atomic mass is 9.95. The highest BCUT2D eigenvalue weighted by molar-refractivity contribution is 6.09. The van der Waals surface area contributed by atoms with Gasteiger partial charge in [0.05, 0.1) is 0 Å². The highest BCUT2D eigenvalue weighted by Gasteiger charge is 2.10. The van der Waals surface area contributed by atoms with Gasteiger partial charge in [0.25, 0.3) is 0 Å². The van der Waals surface area contributed by atoms with Gasteiger partial charge in [-0.2, -0.15) is 0 Å². The van der Waals surface area contributed by atoms with Crippen molar-refractivity contribution in [3.8, 4) is 0 Å². The number of aryl methyl sites for hydroxylation is 3. The van der Waals surface area contributed by atoms with Gasteiger partial charge in [-0.25, -0.2) is 0 Å². The van der Waals surface area contributed by atoms with Crippen molar-refractivity contribution < 1.29 is 4.79 Å². The van der Waals surface area contributed by atoms with Crippen LogP contribution in [0.1, 0.15) is 46.5 Å². The lowest BCUT2D eigenvalue weighted by molar-refractivity contribution is 0.103. The first kappa shape index (κ1) is 13.5. The monoisotopic (exact) mass is 252 g/mol. The second-order valence-electron chi connectivity index (χ2n) is 4.89. The number of carbonyl (C=O) groups is 1.